The summed E-state index contributed by atoms with van der Waals surface area (Å²) in [5, 5.41) is 1.15. The number of hydrogen-bond acceptors (Lipinski definition) is 12. The standard InChI is InChI=1S/C41H50N5O9PSSi.H3N/c1-25(2)36(47)44-39-43-35-32(37(48)45-39)42-24-46(35)38-34(54-56(49)50)33(55-58(8,9)40(3,4)5)31(57-38)23-53-41(26-13-11-10-12-14-26,27-15-19-29(51-6)20-16-27)28-17-21-30(52-7)22-18-28;/h10-22,24-25,31,33-34,38H,23H2,1-9H3,(H2-,43,44,45,47,48,49,50);1H3/p+1/t31-,33+,34+,38+;/m0./s1. The average molecular weight is 866 g/mol. The number of amides is 1. The molecule has 1 fully saturated rings. The molecule has 1 amide bonds. The average Bonchev–Trinajstić information content (AvgIpc) is 3.76. The fraction of sp³-hybridized carbons (Fsp3) is 0.415. The molecule has 0 bridgehead atoms. The zero-order valence-electron chi connectivity index (χ0n) is 34.8. The highest BCUT2D eigenvalue weighted by Gasteiger charge is 2.55. The molecule has 18 heteroatoms. The lowest BCUT2D eigenvalue weighted by atomic mass is 9.80. The van der Waals surface area contributed by atoms with Crippen molar-refractivity contribution < 1.29 is 37.4 Å². The molecule has 6 N–H and O–H groups in total. The Morgan fingerprint density at radius 2 is 1.51 bits per heavy atom. The summed E-state index contributed by atoms with van der Waals surface area (Å²) in [5.41, 5.74) is 0.979. The number of thioether (sulfide) groups is 1. The maximum Gasteiger partial charge on any atom is 0.695 e. The number of nitrogens with zero attached hydrogens (tertiary/aromatic N) is 3. The largest absolute Gasteiger partial charge is 0.695 e. The third-order valence-corrected chi connectivity index (χ3v) is 17.3. The monoisotopic (exact) mass is 865 g/mol. The smallest absolute Gasteiger partial charge is 0.497 e. The summed E-state index contributed by atoms with van der Waals surface area (Å²) in [6.45, 7) is 14.1. The third-order valence-electron chi connectivity index (χ3n) is 10.8. The summed E-state index contributed by atoms with van der Waals surface area (Å²) in [6, 6.07) is 25.4. The number of carbonyl (C=O) groups is 1. The Morgan fingerprint density at radius 1 is 0.949 bits per heavy atom. The molecule has 1 saturated heterocycles. The fourth-order valence-electron chi connectivity index (χ4n) is 6.66. The van der Waals surface area contributed by atoms with Crippen LogP contribution in [0, 0.1) is 5.92 Å². The van der Waals surface area contributed by atoms with Gasteiger partial charge in [0.05, 0.1) is 38.5 Å². The van der Waals surface area contributed by atoms with Crippen molar-refractivity contribution in [2.45, 2.75) is 81.2 Å². The molecule has 3 aromatic carbocycles. The van der Waals surface area contributed by atoms with E-state index in [1.165, 1.54) is 18.1 Å². The van der Waals surface area contributed by atoms with E-state index in [4.69, 9.17) is 23.2 Å². The van der Waals surface area contributed by atoms with E-state index >= 15 is 0 Å². The minimum absolute atomic E-state index is 0. The van der Waals surface area contributed by atoms with Crippen molar-refractivity contribution in [1.82, 2.24) is 25.7 Å². The van der Waals surface area contributed by atoms with Crippen molar-refractivity contribution in [3.63, 3.8) is 0 Å². The van der Waals surface area contributed by atoms with Gasteiger partial charge in [0, 0.05) is 10.5 Å². The Kier molecular flexibility index (Phi) is 14.3. The number of rotatable bonds is 15. The number of imidazole rings is 1. The molecule has 1 aliphatic rings. The van der Waals surface area contributed by atoms with Gasteiger partial charge in [-0.3, -0.25) is 24.5 Å². The number of aromatic nitrogens is 4. The van der Waals surface area contributed by atoms with E-state index in [2.05, 4.69) is 54.1 Å². The van der Waals surface area contributed by atoms with Gasteiger partial charge >= 0.3 is 8.25 Å². The molecule has 2 aromatic heterocycles. The predicted molar refractivity (Wildman–Crippen MR) is 232 cm³/mol. The summed E-state index contributed by atoms with van der Waals surface area (Å²) in [6.07, 6.45) is -0.349. The first-order chi connectivity index (χ1) is 27.5. The van der Waals surface area contributed by atoms with Crippen molar-refractivity contribution in [3.8, 4) is 11.5 Å². The van der Waals surface area contributed by atoms with Crippen LogP contribution in [0.25, 0.3) is 11.2 Å². The Bertz CT molecular complexity index is 2240. The van der Waals surface area contributed by atoms with Gasteiger partial charge in [-0.1, -0.05) is 89.2 Å². The van der Waals surface area contributed by atoms with Crippen LogP contribution in [0.15, 0.2) is 90.0 Å². The summed E-state index contributed by atoms with van der Waals surface area (Å²) in [4.78, 5) is 47.8. The number of benzene rings is 3. The van der Waals surface area contributed by atoms with Gasteiger partial charge < -0.3 is 24.8 Å². The van der Waals surface area contributed by atoms with Crippen molar-refractivity contribution >= 4 is 51.4 Å². The van der Waals surface area contributed by atoms with Crippen LogP contribution in [0.4, 0.5) is 5.95 Å². The molecule has 0 aliphatic carbocycles. The van der Waals surface area contributed by atoms with Crippen LogP contribution in [0.5, 0.6) is 11.5 Å². The molecule has 5 aromatic rings. The minimum Gasteiger partial charge on any atom is -0.497 e. The van der Waals surface area contributed by atoms with E-state index < -0.39 is 50.6 Å². The van der Waals surface area contributed by atoms with Crippen LogP contribution in [-0.2, 0) is 28.6 Å². The Balaban J connectivity index is 0.00000661. The van der Waals surface area contributed by atoms with Crippen LogP contribution in [0.3, 0.4) is 0 Å². The van der Waals surface area contributed by atoms with Crippen LogP contribution in [-0.4, -0.2) is 76.9 Å². The fourth-order valence-corrected chi connectivity index (χ4v) is 10.1. The molecule has 59 heavy (non-hydrogen) atoms. The van der Waals surface area contributed by atoms with Gasteiger partial charge in [-0.05, 0) is 59.1 Å². The van der Waals surface area contributed by atoms with E-state index in [9.17, 15) is 19.0 Å². The number of hydrogen-bond donors (Lipinski definition) is 4. The van der Waals surface area contributed by atoms with Gasteiger partial charge in [0.25, 0.3) is 5.56 Å². The number of fused-ring (bicyclic) bond motifs is 1. The third kappa shape index (κ3) is 9.47. The van der Waals surface area contributed by atoms with Gasteiger partial charge in [-0.25, -0.2) is 4.98 Å². The lowest BCUT2D eigenvalue weighted by Gasteiger charge is -2.41. The molecule has 316 valence electrons. The summed E-state index contributed by atoms with van der Waals surface area (Å²) >= 11 is 1.41. The van der Waals surface area contributed by atoms with E-state index in [1.54, 1.807) is 32.6 Å². The second-order valence-corrected chi connectivity index (χ2v) is 22.7. The SMILES string of the molecule is COc1ccc(C(OC[C@@H]2S[C@@H](n3cnc4c(=O)[nH]c(NC(=O)C(C)C)nc43)[C@H](O[P+](=O)O)[C@@H]2O[Si](C)(C)C(C)(C)C)(c2ccccc2)c2ccc(OC)cc2)cc1.N. The molecule has 0 saturated carbocycles. The molecule has 0 spiro atoms. The van der Waals surface area contributed by atoms with Crippen molar-refractivity contribution in [1.29, 1.82) is 0 Å². The van der Waals surface area contributed by atoms with Crippen LogP contribution >= 0.6 is 20.0 Å². The lowest BCUT2D eigenvalue weighted by Crippen LogP contribution is -2.50. The molecule has 6 rings (SSSR count). The van der Waals surface area contributed by atoms with E-state index in [0.29, 0.717) is 11.5 Å². The molecular formula is C41H54N6O9PSSi+. The van der Waals surface area contributed by atoms with Gasteiger partial charge in [-0.15, -0.1) is 21.2 Å². The van der Waals surface area contributed by atoms with Crippen LogP contribution in [0.1, 0.15) is 56.7 Å². The summed E-state index contributed by atoms with van der Waals surface area (Å²) in [7, 11) is -2.50. The Labute approximate surface area is 350 Å². The number of ether oxygens (including phenoxy) is 3. The molecule has 5 atom stereocenters. The molecule has 15 nitrogen and oxygen atoms in total. The first-order valence-corrected chi connectivity index (χ1v) is 23.9. The topological polar surface area (TPSA) is 211 Å². The maximum absolute atomic E-state index is 13.3. The molecular weight excluding hydrogens is 812 g/mol. The normalized spacial score (nSPS) is 18.7. The van der Waals surface area contributed by atoms with Gasteiger partial charge in [0.2, 0.25) is 11.9 Å². The first-order valence-electron chi connectivity index (χ1n) is 18.9. The van der Waals surface area contributed by atoms with E-state index in [-0.39, 0.29) is 46.7 Å². The van der Waals surface area contributed by atoms with E-state index in [1.807, 2.05) is 78.9 Å². The second kappa shape index (κ2) is 18.4. The Hall–Kier alpha value is -4.45. The number of carbonyl (C=O) groups excluding carboxylic acids is 1. The van der Waals surface area contributed by atoms with Gasteiger partial charge in [0.15, 0.2) is 25.6 Å². The van der Waals surface area contributed by atoms with Crippen molar-refractivity contribution in [2.24, 2.45) is 5.92 Å². The van der Waals surface area contributed by atoms with Gasteiger partial charge in [-0.2, -0.15) is 4.98 Å². The maximum atomic E-state index is 13.3. The molecule has 0 radical (unpaired) electrons. The molecule has 1 unspecified atom stereocenters. The zero-order chi connectivity index (χ0) is 42.0. The van der Waals surface area contributed by atoms with Gasteiger partial charge in [0.1, 0.15) is 22.5 Å². The second-order valence-electron chi connectivity index (χ2n) is 15.9. The number of aromatic amines is 1. The highest BCUT2D eigenvalue weighted by Crippen LogP contribution is 2.52. The summed E-state index contributed by atoms with van der Waals surface area (Å²) in [5.74, 6) is 0.609. The minimum atomic E-state index is -3.13. The number of nitrogens with one attached hydrogen (secondary N) is 2. The lowest BCUT2D eigenvalue weighted by molar-refractivity contribution is -0.118. The van der Waals surface area contributed by atoms with Crippen LogP contribution < -0.4 is 26.5 Å². The Morgan fingerprint density at radius 3 is 2.02 bits per heavy atom. The number of methoxy groups -OCH3 is 2. The zero-order valence-corrected chi connectivity index (χ0v) is 37.5. The van der Waals surface area contributed by atoms with Crippen molar-refractivity contribution in [2.75, 3.05) is 26.1 Å². The van der Waals surface area contributed by atoms with E-state index in [0.717, 1.165) is 16.7 Å². The first kappa shape index (κ1) is 45.6. The predicted octanol–water partition coefficient (Wildman–Crippen LogP) is 7.94. The molecule has 3 heterocycles. The quantitative estimate of drug-likeness (QED) is 0.0448. The number of H-pyrrole nitrogens is 1. The highest BCUT2D eigenvalue weighted by molar-refractivity contribution is 8.00. The van der Waals surface area contributed by atoms with Crippen LogP contribution in [0.2, 0.25) is 18.1 Å². The number of anilines is 1. The van der Waals surface area contributed by atoms with Crippen molar-refractivity contribution in [3.05, 3.63) is 112 Å². The summed E-state index contributed by atoms with van der Waals surface area (Å²) < 4.78 is 45.8. The molecule has 1 aliphatic heterocycles. The highest BCUT2D eigenvalue weighted by atomic mass is 32.2.